The van der Waals surface area contributed by atoms with Crippen LogP contribution in [0.5, 0.6) is 0 Å². The summed E-state index contributed by atoms with van der Waals surface area (Å²) >= 11 is 0. The minimum atomic E-state index is 0.943. The van der Waals surface area contributed by atoms with Gasteiger partial charge in [-0.05, 0) is 36.8 Å². The van der Waals surface area contributed by atoms with Crippen LogP contribution in [0.3, 0.4) is 0 Å². The average molecular weight is 212 g/mol. The van der Waals surface area contributed by atoms with E-state index in [1.807, 2.05) is 24.3 Å². The highest BCUT2D eigenvalue weighted by Crippen LogP contribution is 2.15. The number of allylic oxidation sites excluding steroid dienone is 4. The maximum atomic E-state index is 4.09. The van der Waals surface area contributed by atoms with Crippen molar-refractivity contribution in [2.45, 2.75) is 25.7 Å². The summed E-state index contributed by atoms with van der Waals surface area (Å²) in [6, 6.07) is 10.3. The first-order valence-electron chi connectivity index (χ1n) is 5.83. The van der Waals surface area contributed by atoms with Crippen LogP contribution in [0.4, 0.5) is 0 Å². The maximum Gasteiger partial charge on any atom is -0.00974 e. The molecule has 1 aromatic rings. The summed E-state index contributed by atoms with van der Waals surface area (Å²) in [4.78, 5) is 0. The van der Waals surface area contributed by atoms with E-state index < -0.39 is 0 Å². The molecule has 0 saturated heterocycles. The molecule has 0 saturated carbocycles. The van der Waals surface area contributed by atoms with Gasteiger partial charge in [-0.25, -0.2) is 0 Å². The molecule has 0 aliphatic carbocycles. The maximum absolute atomic E-state index is 4.09. The lowest BCUT2D eigenvalue weighted by atomic mass is 10.0. The highest BCUT2D eigenvalue weighted by molar-refractivity contribution is 5.64. The van der Waals surface area contributed by atoms with E-state index in [-0.39, 0.29) is 0 Å². The number of unbranched alkanes of at least 4 members (excludes halogenated alkanes) is 2. The van der Waals surface area contributed by atoms with Gasteiger partial charge in [-0.3, -0.25) is 0 Å². The van der Waals surface area contributed by atoms with Gasteiger partial charge in [0.1, 0.15) is 0 Å². The molecule has 0 radical (unpaired) electrons. The fourth-order valence-corrected chi connectivity index (χ4v) is 1.52. The van der Waals surface area contributed by atoms with E-state index in [1.54, 1.807) is 0 Å². The van der Waals surface area contributed by atoms with Crippen LogP contribution in [0.15, 0.2) is 61.7 Å². The molecular formula is C16H20. The molecule has 0 aromatic heterocycles. The first-order chi connectivity index (χ1) is 7.84. The summed E-state index contributed by atoms with van der Waals surface area (Å²) in [7, 11) is 0. The number of rotatable bonds is 7. The Bertz CT molecular complexity index is 344. The summed E-state index contributed by atoms with van der Waals surface area (Å²) in [6.45, 7) is 7.80. The second-order valence-electron chi connectivity index (χ2n) is 3.86. The Morgan fingerprint density at radius 3 is 2.50 bits per heavy atom. The SMILES string of the molecule is C=CCCCC=CCC(=C)c1ccccc1. The zero-order valence-electron chi connectivity index (χ0n) is 9.86. The molecule has 0 heterocycles. The van der Waals surface area contributed by atoms with Crippen molar-refractivity contribution in [3.05, 3.63) is 67.3 Å². The smallest absolute Gasteiger partial charge is 0.00974 e. The Morgan fingerprint density at radius 1 is 1.06 bits per heavy atom. The highest BCUT2D eigenvalue weighted by Gasteiger charge is 1.93. The van der Waals surface area contributed by atoms with Crippen LogP contribution in [0.25, 0.3) is 5.57 Å². The molecule has 84 valence electrons. The van der Waals surface area contributed by atoms with Crippen LogP contribution in [-0.4, -0.2) is 0 Å². The Kier molecular flexibility index (Phi) is 6.02. The normalized spacial score (nSPS) is 10.5. The second kappa shape index (κ2) is 7.70. The van der Waals surface area contributed by atoms with Gasteiger partial charge in [0.2, 0.25) is 0 Å². The molecule has 0 heteroatoms. The van der Waals surface area contributed by atoms with Crippen molar-refractivity contribution in [2.24, 2.45) is 0 Å². The minimum absolute atomic E-state index is 0.943. The molecule has 1 aromatic carbocycles. The molecule has 0 bridgehead atoms. The van der Waals surface area contributed by atoms with Crippen LogP contribution in [0.2, 0.25) is 0 Å². The van der Waals surface area contributed by atoms with Gasteiger partial charge in [-0.1, -0.05) is 55.1 Å². The molecule has 0 amide bonds. The molecule has 0 unspecified atom stereocenters. The van der Waals surface area contributed by atoms with Gasteiger partial charge in [0, 0.05) is 0 Å². The van der Waals surface area contributed by atoms with Crippen LogP contribution in [-0.2, 0) is 0 Å². The van der Waals surface area contributed by atoms with Gasteiger partial charge in [-0.15, -0.1) is 6.58 Å². The van der Waals surface area contributed by atoms with Crippen molar-refractivity contribution in [2.75, 3.05) is 0 Å². The predicted molar refractivity (Wildman–Crippen MR) is 73.3 cm³/mol. The monoisotopic (exact) mass is 212 g/mol. The van der Waals surface area contributed by atoms with Gasteiger partial charge in [0.15, 0.2) is 0 Å². The Morgan fingerprint density at radius 2 is 1.81 bits per heavy atom. The van der Waals surface area contributed by atoms with Crippen molar-refractivity contribution >= 4 is 5.57 Å². The van der Waals surface area contributed by atoms with Gasteiger partial charge in [0.05, 0.1) is 0 Å². The molecule has 0 aliphatic heterocycles. The molecule has 0 N–H and O–H groups in total. The van der Waals surface area contributed by atoms with Gasteiger partial charge in [0.25, 0.3) is 0 Å². The Labute approximate surface area is 99.0 Å². The van der Waals surface area contributed by atoms with Crippen molar-refractivity contribution in [1.29, 1.82) is 0 Å². The number of hydrogen-bond acceptors (Lipinski definition) is 0. The van der Waals surface area contributed by atoms with E-state index in [2.05, 4.69) is 37.4 Å². The number of hydrogen-bond donors (Lipinski definition) is 0. The van der Waals surface area contributed by atoms with Gasteiger partial charge < -0.3 is 0 Å². The lowest BCUT2D eigenvalue weighted by Crippen LogP contribution is -1.79. The van der Waals surface area contributed by atoms with Crippen LogP contribution in [0, 0.1) is 0 Å². The fraction of sp³-hybridized carbons (Fsp3) is 0.250. The van der Waals surface area contributed by atoms with Crippen molar-refractivity contribution in [3.8, 4) is 0 Å². The van der Waals surface area contributed by atoms with E-state index in [0.29, 0.717) is 0 Å². The van der Waals surface area contributed by atoms with Crippen LogP contribution in [0.1, 0.15) is 31.2 Å². The van der Waals surface area contributed by atoms with Crippen molar-refractivity contribution in [3.63, 3.8) is 0 Å². The minimum Gasteiger partial charge on any atom is -0.103 e. The largest absolute Gasteiger partial charge is 0.103 e. The summed E-state index contributed by atoms with van der Waals surface area (Å²) in [5, 5.41) is 0. The molecule has 1 rings (SSSR count). The second-order valence-corrected chi connectivity index (χ2v) is 3.86. The molecule has 0 spiro atoms. The average Bonchev–Trinajstić information content (AvgIpc) is 2.34. The Hall–Kier alpha value is -1.56. The molecule has 0 fully saturated rings. The van der Waals surface area contributed by atoms with E-state index in [1.165, 1.54) is 17.6 Å². The third-order valence-corrected chi connectivity index (χ3v) is 2.49. The fourth-order valence-electron chi connectivity index (χ4n) is 1.52. The zero-order valence-corrected chi connectivity index (χ0v) is 9.86. The zero-order chi connectivity index (χ0) is 11.6. The quantitative estimate of drug-likeness (QED) is 0.440. The summed E-state index contributed by atoms with van der Waals surface area (Å²) in [5.74, 6) is 0. The van der Waals surface area contributed by atoms with Crippen LogP contribution < -0.4 is 0 Å². The molecule has 0 aliphatic rings. The van der Waals surface area contributed by atoms with E-state index >= 15 is 0 Å². The Balaban J connectivity index is 2.28. The van der Waals surface area contributed by atoms with Gasteiger partial charge in [-0.2, -0.15) is 0 Å². The predicted octanol–water partition coefficient (Wildman–Crippen LogP) is 5.00. The lowest BCUT2D eigenvalue weighted by molar-refractivity contribution is 0.868. The van der Waals surface area contributed by atoms with Crippen molar-refractivity contribution in [1.82, 2.24) is 0 Å². The summed E-state index contributed by atoms with van der Waals surface area (Å²) in [5.41, 5.74) is 2.42. The highest BCUT2D eigenvalue weighted by atomic mass is 14.0. The first-order valence-corrected chi connectivity index (χ1v) is 5.83. The molecular weight excluding hydrogens is 192 g/mol. The van der Waals surface area contributed by atoms with E-state index in [9.17, 15) is 0 Å². The first kappa shape index (κ1) is 12.5. The molecule has 0 atom stereocenters. The number of benzene rings is 1. The topological polar surface area (TPSA) is 0 Å². The lowest BCUT2D eigenvalue weighted by Gasteiger charge is -2.01. The third kappa shape index (κ3) is 4.79. The third-order valence-electron chi connectivity index (χ3n) is 2.49. The molecule has 16 heavy (non-hydrogen) atoms. The standard InChI is InChI=1S/C16H20/c1-3-4-5-6-7-9-12-15(2)16-13-10-8-11-14-16/h3,7-11,13-14H,1-2,4-6,12H2. The van der Waals surface area contributed by atoms with E-state index in [0.717, 1.165) is 19.3 Å². The van der Waals surface area contributed by atoms with Crippen molar-refractivity contribution < 1.29 is 0 Å². The summed E-state index contributed by atoms with van der Waals surface area (Å²) < 4.78 is 0. The molecule has 0 nitrogen and oxygen atoms in total. The van der Waals surface area contributed by atoms with Crippen LogP contribution >= 0.6 is 0 Å². The summed E-state index contributed by atoms with van der Waals surface area (Å²) in [6.07, 6.45) is 10.8. The van der Waals surface area contributed by atoms with E-state index in [4.69, 9.17) is 0 Å². The van der Waals surface area contributed by atoms with Gasteiger partial charge >= 0.3 is 0 Å².